The van der Waals surface area contributed by atoms with Crippen LogP contribution in [0.1, 0.15) is 27.2 Å². The SMILES string of the molecule is CC[Si](CC)CC.S=CCCCl. The number of halogens is 1. The van der Waals surface area contributed by atoms with Crippen molar-refractivity contribution >= 4 is 38.0 Å². The Morgan fingerprint density at radius 2 is 1.58 bits per heavy atom. The minimum atomic E-state index is 0.137. The summed E-state index contributed by atoms with van der Waals surface area (Å²) in [7, 11) is 0.137. The van der Waals surface area contributed by atoms with Crippen LogP contribution in [0, 0.1) is 0 Å². The standard InChI is InChI=1S/C6H15Si.C3H5ClS/c1-4-7(5-2)6-3;4-2-1-3-5/h4-6H2,1-3H3;3H,1-2H2. The van der Waals surface area contributed by atoms with Gasteiger partial charge in [-0.15, -0.1) is 11.6 Å². The molecule has 0 aliphatic heterocycles. The van der Waals surface area contributed by atoms with Crippen molar-refractivity contribution in [3.05, 3.63) is 0 Å². The Morgan fingerprint density at radius 3 is 1.58 bits per heavy atom. The van der Waals surface area contributed by atoms with Gasteiger partial charge >= 0.3 is 0 Å². The summed E-state index contributed by atoms with van der Waals surface area (Å²) >= 11 is 9.65. The van der Waals surface area contributed by atoms with Crippen LogP contribution < -0.4 is 0 Å². The topological polar surface area (TPSA) is 0 Å². The Labute approximate surface area is 89.3 Å². The quantitative estimate of drug-likeness (QED) is 0.383. The van der Waals surface area contributed by atoms with Gasteiger partial charge in [-0.1, -0.05) is 51.1 Å². The summed E-state index contributed by atoms with van der Waals surface area (Å²) in [5.74, 6) is 0.656. The van der Waals surface area contributed by atoms with Gasteiger partial charge in [0.2, 0.25) is 0 Å². The molecule has 0 rings (SSSR count). The predicted molar refractivity (Wildman–Crippen MR) is 66.2 cm³/mol. The first-order valence-corrected chi connectivity index (χ1v) is 7.72. The average Bonchev–Trinajstić information content (AvgIpc) is 2.10. The van der Waals surface area contributed by atoms with Crippen molar-refractivity contribution in [2.45, 2.75) is 45.3 Å². The van der Waals surface area contributed by atoms with Gasteiger partial charge in [0, 0.05) is 14.7 Å². The molecule has 1 radical (unpaired) electrons. The Morgan fingerprint density at radius 1 is 1.17 bits per heavy atom. The fourth-order valence-electron chi connectivity index (χ4n) is 0.795. The van der Waals surface area contributed by atoms with Gasteiger partial charge in [0.25, 0.3) is 0 Å². The van der Waals surface area contributed by atoms with Crippen LogP contribution in [0.5, 0.6) is 0 Å². The first-order valence-electron chi connectivity index (χ1n) is 4.59. The molecule has 0 aromatic rings. The van der Waals surface area contributed by atoms with Gasteiger partial charge < -0.3 is 0 Å². The van der Waals surface area contributed by atoms with Gasteiger partial charge in [0.15, 0.2) is 0 Å². The smallest absolute Gasteiger partial charge is 0.0470 e. The lowest BCUT2D eigenvalue weighted by molar-refractivity contribution is 1.24. The van der Waals surface area contributed by atoms with Crippen LogP contribution in [0.2, 0.25) is 18.1 Å². The lowest BCUT2D eigenvalue weighted by atomic mass is 10.6. The zero-order valence-electron chi connectivity index (χ0n) is 8.40. The van der Waals surface area contributed by atoms with Crippen molar-refractivity contribution in [3.63, 3.8) is 0 Å². The molecule has 0 nitrogen and oxygen atoms in total. The summed E-state index contributed by atoms with van der Waals surface area (Å²) in [6.07, 6.45) is 0.844. The molecule has 0 unspecified atom stereocenters. The number of alkyl halides is 1. The van der Waals surface area contributed by atoms with E-state index in [1.165, 1.54) is 18.1 Å². The summed E-state index contributed by atoms with van der Waals surface area (Å²) in [4.78, 5) is 0. The minimum absolute atomic E-state index is 0.137. The molecular formula is C9H20ClSSi. The molecule has 0 aliphatic rings. The maximum Gasteiger partial charge on any atom is 0.0470 e. The second-order valence-corrected chi connectivity index (χ2v) is 6.79. The van der Waals surface area contributed by atoms with E-state index < -0.39 is 0 Å². The van der Waals surface area contributed by atoms with Crippen molar-refractivity contribution in [1.82, 2.24) is 0 Å². The highest BCUT2D eigenvalue weighted by molar-refractivity contribution is 7.78. The monoisotopic (exact) mass is 223 g/mol. The van der Waals surface area contributed by atoms with E-state index in [0.717, 1.165) is 6.42 Å². The Balaban J connectivity index is 0. The molecule has 0 bridgehead atoms. The van der Waals surface area contributed by atoms with E-state index in [1.54, 1.807) is 5.37 Å². The molecule has 73 valence electrons. The first kappa shape index (κ1) is 15.1. The third kappa shape index (κ3) is 13.2. The molecule has 0 aromatic heterocycles. The van der Waals surface area contributed by atoms with Crippen molar-refractivity contribution in [2.75, 3.05) is 5.88 Å². The number of thiocarbonyl (C=S) groups is 1. The first-order chi connectivity index (χ1) is 5.76. The summed E-state index contributed by atoms with van der Waals surface area (Å²) < 4.78 is 0. The molecule has 0 aliphatic carbocycles. The number of hydrogen-bond acceptors (Lipinski definition) is 1. The Kier molecular flexibility index (Phi) is 17.8. The lowest BCUT2D eigenvalue weighted by Gasteiger charge is -2.02. The minimum Gasteiger partial charge on any atom is -0.126 e. The summed E-state index contributed by atoms with van der Waals surface area (Å²) in [5.41, 5.74) is 0. The van der Waals surface area contributed by atoms with Gasteiger partial charge in [-0.3, -0.25) is 0 Å². The van der Waals surface area contributed by atoms with Gasteiger partial charge in [0.1, 0.15) is 0 Å². The van der Waals surface area contributed by atoms with Crippen LogP contribution >= 0.6 is 23.8 Å². The van der Waals surface area contributed by atoms with Crippen LogP contribution in [0.3, 0.4) is 0 Å². The maximum atomic E-state index is 5.20. The highest BCUT2D eigenvalue weighted by atomic mass is 35.5. The lowest BCUT2D eigenvalue weighted by Crippen LogP contribution is -2.04. The molecule has 0 atom stereocenters. The molecule has 0 amide bonds. The second-order valence-electron chi connectivity index (χ2n) is 2.45. The Bertz CT molecular complexity index is 79.1. The van der Waals surface area contributed by atoms with Crippen molar-refractivity contribution in [1.29, 1.82) is 0 Å². The molecule has 0 spiro atoms. The predicted octanol–water partition coefficient (Wildman–Crippen LogP) is 4.16. The van der Waals surface area contributed by atoms with E-state index in [4.69, 9.17) is 11.6 Å². The number of rotatable bonds is 5. The highest BCUT2D eigenvalue weighted by Crippen LogP contribution is 2.01. The Hall–Kier alpha value is 0.597. The van der Waals surface area contributed by atoms with Crippen LogP contribution in [0.4, 0.5) is 0 Å². The molecule has 0 saturated carbocycles. The van der Waals surface area contributed by atoms with Gasteiger partial charge in [-0.2, -0.15) is 0 Å². The van der Waals surface area contributed by atoms with Crippen LogP contribution in [-0.4, -0.2) is 20.0 Å². The zero-order valence-corrected chi connectivity index (χ0v) is 11.0. The highest BCUT2D eigenvalue weighted by Gasteiger charge is 1.98. The molecule has 0 saturated heterocycles. The number of hydrogen-bond donors (Lipinski definition) is 0. The third-order valence-corrected chi connectivity index (χ3v) is 5.18. The molecule has 12 heavy (non-hydrogen) atoms. The van der Waals surface area contributed by atoms with E-state index in [2.05, 4.69) is 33.0 Å². The largest absolute Gasteiger partial charge is 0.126 e. The third-order valence-electron chi connectivity index (χ3n) is 1.73. The van der Waals surface area contributed by atoms with E-state index in [9.17, 15) is 0 Å². The van der Waals surface area contributed by atoms with E-state index in [1.807, 2.05) is 0 Å². The van der Waals surface area contributed by atoms with Gasteiger partial charge in [0.05, 0.1) is 0 Å². The van der Waals surface area contributed by atoms with Gasteiger partial charge in [-0.05, 0) is 11.8 Å². The normalized spacial score (nSPS) is 9.08. The fraction of sp³-hybridized carbons (Fsp3) is 0.889. The average molecular weight is 224 g/mol. The van der Waals surface area contributed by atoms with Crippen molar-refractivity contribution < 1.29 is 0 Å². The summed E-state index contributed by atoms with van der Waals surface area (Å²) in [6, 6.07) is 4.37. The molecule has 0 fully saturated rings. The van der Waals surface area contributed by atoms with E-state index in [0.29, 0.717) is 5.88 Å². The molecule has 3 heteroatoms. The molecular weight excluding hydrogens is 204 g/mol. The molecule has 0 aromatic carbocycles. The van der Waals surface area contributed by atoms with Gasteiger partial charge in [-0.25, -0.2) is 0 Å². The zero-order chi connectivity index (χ0) is 9.82. The van der Waals surface area contributed by atoms with Crippen molar-refractivity contribution in [2.24, 2.45) is 0 Å². The molecule has 0 heterocycles. The summed E-state index contributed by atoms with van der Waals surface area (Å²) in [5, 5.41) is 1.63. The van der Waals surface area contributed by atoms with Crippen LogP contribution in [0.15, 0.2) is 0 Å². The van der Waals surface area contributed by atoms with Crippen molar-refractivity contribution in [3.8, 4) is 0 Å². The second kappa shape index (κ2) is 14.1. The van der Waals surface area contributed by atoms with Crippen LogP contribution in [-0.2, 0) is 0 Å². The van der Waals surface area contributed by atoms with Crippen LogP contribution in [0.25, 0.3) is 0 Å². The van der Waals surface area contributed by atoms with E-state index in [-0.39, 0.29) is 8.80 Å². The van der Waals surface area contributed by atoms with E-state index >= 15 is 0 Å². The summed E-state index contributed by atoms with van der Waals surface area (Å²) in [6.45, 7) is 6.92. The molecule has 0 N–H and O–H groups in total. The fourth-order valence-corrected chi connectivity index (χ4v) is 2.65. The maximum absolute atomic E-state index is 5.20.